The van der Waals surface area contributed by atoms with Gasteiger partial charge in [-0.3, -0.25) is 14.5 Å². The molecule has 0 bridgehead atoms. The molecule has 0 aromatic heterocycles. The number of carbonyl (C=O) groups is 2. The molecule has 0 N–H and O–H groups in total. The van der Waals surface area contributed by atoms with Crippen molar-refractivity contribution in [2.45, 2.75) is 96.6 Å². The van der Waals surface area contributed by atoms with E-state index in [9.17, 15) is 9.59 Å². The van der Waals surface area contributed by atoms with Crippen LogP contribution in [0.3, 0.4) is 0 Å². The number of carbonyl (C=O) groups excluding carboxylic acids is 2. The maximum Gasteiger partial charge on any atom is 0.306 e. The van der Waals surface area contributed by atoms with Gasteiger partial charge in [-0.25, -0.2) is 0 Å². The van der Waals surface area contributed by atoms with Crippen LogP contribution in [-0.2, 0) is 19.1 Å². The van der Waals surface area contributed by atoms with Gasteiger partial charge in [0, 0.05) is 25.9 Å². The highest BCUT2D eigenvalue weighted by Crippen LogP contribution is 2.31. The minimum Gasteiger partial charge on any atom is -0.461 e. The topological polar surface area (TPSA) is 55.8 Å². The lowest BCUT2D eigenvalue weighted by molar-refractivity contribution is -0.150. The third-order valence-electron chi connectivity index (χ3n) is 5.57. The van der Waals surface area contributed by atoms with E-state index in [1.165, 1.54) is 19.3 Å². The normalized spacial score (nSPS) is 21.8. The molecular weight excluding hydrogens is 342 g/mol. The molecule has 0 radical (unpaired) electrons. The van der Waals surface area contributed by atoms with Crippen LogP contribution in [0.25, 0.3) is 0 Å². The first-order chi connectivity index (χ1) is 13.2. The highest BCUT2D eigenvalue weighted by molar-refractivity contribution is 5.70. The van der Waals surface area contributed by atoms with Gasteiger partial charge in [0.2, 0.25) is 0 Å². The highest BCUT2D eigenvalue weighted by Gasteiger charge is 2.41. The smallest absolute Gasteiger partial charge is 0.306 e. The number of rotatable bonds is 13. The predicted molar refractivity (Wildman–Crippen MR) is 106 cm³/mol. The first-order valence-corrected chi connectivity index (χ1v) is 10.9. The van der Waals surface area contributed by atoms with E-state index >= 15 is 0 Å². The molecule has 2 atom stereocenters. The van der Waals surface area contributed by atoms with E-state index in [0.717, 1.165) is 57.2 Å². The largest absolute Gasteiger partial charge is 0.461 e. The van der Waals surface area contributed by atoms with Crippen molar-refractivity contribution in [3.8, 4) is 0 Å². The maximum absolute atomic E-state index is 12.1. The molecule has 1 saturated heterocycles. The number of esters is 2. The molecule has 154 valence electrons. The standard InChI is InChI=1S/C22H37NO4/c1-3-5-7-9-11-20(24)26-17-18-13-15-23-16-14-19(22(18)23)27-21(25)12-10-8-6-4-2/h13,19,22H,3-12,14-17H2,1-2H3. The van der Waals surface area contributed by atoms with Crippen molar-refractivity contribution in [1.82, 2.24) is 4.90 Å². The summed E-state index contributed by atoms with van der Waals surface area (Å²) in [6.07, 6.45) is 12.6. The number of fused-ring (bicyclic) bond motifs is 1. The van der Waals surface area contributed by atoms with Gasteiger partial charge >= 0.3 is 11.9 Å². The van der Waals surface area contributed by atoms with Crippen molar-refractivity contribution in [2.75, 3.05) is 19.7 Å². The minimum atomic E-state index is -0.118. The summed E-state index contributed by atoms with van der Waals surface area (Å²) >= 11 is 0. The fourth-order valence-corrected chi connectivity index (χ4v) is 3.98. The summed E-state index contributed by atoms with van der Waals surface area (Å²) in [4.78, 5) is 26.4. The Labute approximate surface area is 164 Å². The number of ether oxygens (including phenoxy) is 2. The van der Waals surface area contributed by atoms with Crippen molar-refractivity contribution >= 4 is 11.9 Å². The van der Waals surface area contributed by atoms with Crippen molar-refractivity contribution in [2.24, 2.45) is 0 Å². The number of unbranched alkanes of at least 4 members (excludes halogenated alkanes) is 6. The molecule has 0 saturated carbocycles. The lowest BCUT2D eigenvalue weighted by Crippen LogP contribution is -2.36. The molecule has 27 heavy (non-hydrogen) atoms. The Morgan fingerprint density at radius 3 is 2.33 bits per heavy atom. The van der Waals surface area contributed by atoms with Gasteiger partial charge < -0.3 is 9.47 Å². The van der Waals surface area contributed by atoms with Gasteiger partial charge in [0.15, 0.2) is 0 Å². The van der Waals surface area contributed by atoms with Crippen LogP contribution in [-0.4, -0.2) is 48.7 Å². The van der Waals surface area contributed by atoms with E-state index in [0.29, 0.717) is 19.4 Å². The van der Waals surface area contributed by atoms with E-state index in [4.69, 9.17) is 9.47 Å². The molecule has 0 aromatic carbocycles. The molecule has 5 heteroatoms. The molecule has 1 fully saturated rings. The van der Waals surface area contributed by atoms with Crippen molar-refractivity contribution < 1.29 is 19.1 Å². The summed E-state index contributed by atoms with van der Waals surface area (Å²) in [5.41, 5.74) is 1.10. The average molecular weight is 380 g/mol. The highest BCUT2D eigenvalue weighted by atomic mass is 16.5. The molecule has 0 amide bonds. The molecule has 0 aromatic rings. The summed E-state index contributed by atoms with van der Waals surface area (Å²) in [6.45, 7) is 6.45. The lowest BCUT2D eigenvalue weighted by atomic mass is 10.0. The second kappa shape index (κ2) is 12.2. The summed E-state index contributed by atoms with van der Waals surface area (Å²) in [6, 6.07) is 0.0949. The maximum atomic E-state index is 12.1. The van der Waals surface area contributed by atoms with Crippen LogP contribution in [0.15, 0.2) is 11.6 Å². The van der Waals surface area contributed by atoms with E-state index < -0.39 is 0 Å². The van der Waals surface area contributed by atoms with E-state index in [-0.39, 0.29) is 24.1 Å². The van der Waals surface area contributed by atoms with Crippen LogP contribution in [0, 0.1) is 0 Å². The zero-order valence-corrected chi connectivity index (χ0v) is 17.2. The number of nitrogens with zero attached hydrogens (tertiary/aromatic N) is 1. The van der Waals surface area contributed by atoms with Crippen molar-refractivity contribution in [1.29, 1.82) is 0 Å². The van der Waals surface area contributed by atoms with Gasteiger partial charge in [0.05, 0.1) is 6.04 Å². The molecular formula is C22H37NO4. The van der Waals surface area contributed by atoms with Gasteiger partial charge in [-0.1, -0.05) is 58.4 Å². The molecule has 2 unspecified atom stereocenters. The molecule has 2 heterocycles. The Kier molecular flexibility index (Phi) is 9.89. The second-order valence-corrected chi connectivity index (χ2v) is 7.82. The van der Waals surface area contributed by atoms with E-state index in [1.54, 1.807) is 0 Å². The fraction of sp³-hybridized carbons (Fsp3) is 0.818. The van der Waals surface area contributed by atoms with E-state index in [1.807, 2.05) is 0 Å². The molecule has 2 aliphatic heterocycles. The molecule has 2 aliphatic rings. The molecule has 2 rings (SSSR count). The Morgan fingerprint density at radius 1 is 1.00 bits per heavy atom. The van der Waals surface area contributed by atoms with E-state index in [2.05, 4.69) is 24.8 Å². The Morgan fingerprint density at radius 2 is 1.67 bits per heavy atom. The van der Waals surface area contributed by atoms with Crippen molar-refractivity contribution in [3.63, 3.8) is 0 Å². The summed E-state index contributed by atoms with van der Waals surface area (Å²) in [7, 11) is 0. The Balaban J connectivity index is 1.72. The lowest BCUT2D eigenvalue weighted by Gasteiger charge is -2.24. The predicted octanol–water partition coefficient (Wildman–Crippen LogP) is 4.40. The first-order valence-electron chi connectivity index (χ1n) is 10.9. The Hall–Kier alpha value is -1.36. The monoisotopic (exact) mass is 379 g/mol. The summed E-state index contributed by atoms with van der Waals surface area (Å²) in [5.74, 6) is -0.204. The number of hydrogen-bond donors (Lipinski definition) is 0. The number of hydrogen-bond acceptors (Lipinski definition) is 5. The third-order valence-corrected chi connectivity index (χ3v) is 5.57. The van der Waals surface area contributed by atoms with Crippen molar-refractivity contribution in [3.05, 3.63) is 11.6 Å². The van der Waals surface area contributed by atoms with Crippen LogP contribution in [0.1, 0.15) is 84.5 Å². The summed E-state index contributed by atoms with van der Waals surface area (Å²) in [5, 5.41) is 0. The minimum absolute atomic E-state index is 0.0860. The van der Waals surface area contributed by atoms with Crippen LogP contribution < -0.4 is 0 Å². The fourth-order valence-electron chi connectivity index (χ4n) is 3.98. The van der Waals surface area contributed by atoms with Crippen LogP contribution in [0.5, 0.6) is 0 Å². The molecule has 0 aliphatic carbocycles. The summed E-state index contributed by atoms with van der Waals surface area (Å²) < 4.78 is 11.3. The Bertz CT molecular complexity index is 503. The van der Waals surface area contributed by atoms with Gasteiger partial charge in [-0.05, 0) is 24.8 Å². The zero-order valence-electron chi connectivity index (χ0n) is 17.2. The van der Waals surface area contributed by atoms with Gasteiger partial charge in [0.1, 0.15) is 12.7 Å². The second-order valence-electron chi connectivity index (χ2n) is 7.82. The van der Waals surface area contributed by atoms with Crippen LogP contribution in [0.2, 0.25) is 0 Å². The SMILES string of the molecule is CCCCCCC(=O)OCC1=CCN2CCC(OC(=O)CCCCCC)C12. The first kappa shape index (κ1) is 21.9. The van der Waals surface area contributed by atoms with Gasteiger partial charge in [-0.15, -0.1) is 0 Å². The molecule has 5 nitrogen and oxygen atoms in total. The van der Waals surface area contributed by atoms with Crippen LogP contribution >= 0.6 is 0 Å². The van der Waals surface area contributed by atoms with Crippen LogP contribution in [0.4, 0.5) is 0 Å². The zero-order chi connectivity index (χ0) is 19.5. The quantitative estimate of drug-likeness (QED) is 0.270. The third kappa shape index (κ3) is 7.28. The average Bonchev–Trinajstić information content (AvgIpc) is 3.24. The van der Waals surface area contributed by atoms with Gasteiger partial charge in [0.25, 0.3) is 0 Å². The molecule has 0 spiro atoms. The van der Waals surface area contributed by atoms with Gasteiger partial charge in [-0.2, -0.15) is 0 Å².